The zero-order valence-electron chi connectivity index (χ0n) is 11.8. The summed E-state index contributed by atoms with van der Waals surface area (Å²) in [6, 6.07) is 6.37. The minimum atomic E-state index is -0.501. The number of amides is 1. The molecule has 1 amide bonds. The van der Waals surface area contributed by atoms with E-state index in [1.165, 1.54) is 12.1 Å². The van der Waals surface area contributed by atoms with Crippen molar-refractivity contribution in [1.82, 2.24) is 9.78 Å². The first kappa shape index (κ1) is 13.6. The van der Waals surface area contributed by atoms with Gasteiger partial charge in [0.05, 0.1) is 0 Å². The number of aryl methyl sites for hydroxylation is 1. The van der Waals surface area contributed by atoms with E-state index >= 15 is 0 Å². The number of benzene rings is 1. The van der Waals surface area contributed by atoms with Crippen LogP contribution in [0.25, 0.3) is 0 Å². The second-order valence-corrected chi connectivity index (χ2v) is 5.10. The molecule has 5 nitrogen and oxygen atoms in total. The second kappa shape index (κ2) is 5.20. The van der Waals surface area contributed by atoms with Crippen LogP contribution in [0.5, 0.6) is 0 Å². The maximum Gasteiger partial charge on any atom is 0.269 e. The molecule has 3 rings (SSSR count). The standard InChI is InChI=1S/C15H17FN4O/c1-2-20-13-7-8-19(11-5-3-10(16)4-6-11)9-12(13)14(18-20)15(17)21/h3-6H,2,7-9H2,1H3,(H2,17,21). The van der Waals surface area contributed by atoms with Crippen molar-refractivity contribution in [3.63, 3.8) is 0 Å². The second-order valence-electron chi connectivity index (χ2n) is 5.10. The first-order chi connectivity index (χ1) is 10.1. The highest BCUT2D eigenvalue weighted by atomic mass is 19.1. The van der Waals surface area contributed by atoms with E-state index in [-0.39, 0.29) is 5.82 Å². The molecule has 0 aliphatic carbocycles. The van der Waals surface area contributed by atoms with Gasteiger partial charge in [-0.1, -0.05) is 0 Å². The Hall–Kier alpha value is -2.37. The van der Waals surface area contributed by atoms with Gasteiger partial charge in [0, 0.05) is 43.0 Å². The smallest absolute Gasteiger partial charge is 0.269 e. The normalized spacial score (nSPS) is 14.1. The fourth-order valence-corrected chi connectivity index (χ4v) is 2.82. The Balaban J connectivity index is 1.96. The predicted molar refractivity (Wildman–Crippen MR) is 77.6 cm³/mol. The molecule has 0 fully saturated rings. The lowest BCUT2D eigenvalue weighted by Gasteiger charge is -2.29. The maximum absolute atomic E-state index is 13.0. The highest BCUT2D eigenvalue weighted by molar-refractivity contribution is 5.92. The van der Waals surface area contributed by atoms with E-state index < -0.39 is 5.91 Å². The molecule has 0 radical (unpaired) electrons. The number of primary amides is 1. The fourth-order valence-electron chi connectivity index (χ4n) is 2.82. The molecule has 0 bridgehead atoms. The van der Waals surface area contributed by atoms with Gasteiger partial charge in [0.25, 0.3) is 5.91 Å². The van der Waals surface area contributed by atoms with Crippen LogP contribution in [0.2, 0.25) is 0 Å². The van der Waals surface area contributed by atoms with Crippen LogP contribution >= 0.6 is 0 Å². The van der Waals surface area contributed by atoms with Gasteiger partial charge >= 0.3 is 0 Å². The van der Waals surface area contributed by atoms with E-state index in [2.05, 4.69) is 10.00 Å². The number of nitrogens with two attached hydrogens (primary N) is 1. The molecule has 1 aliphatic heterocycles. The molecule has 0 unspecified atom stereocenters. The van der Waals surface area contributed by atoms with E-state index in [9.17, 15) is 9.18 Å². The Labute approximate surface area is 122 Å². The van der Waals surface area contributed by atoms with Crippen LogP contribution in [-0.2, 0) is 19.5 Å². The predicted octanol–water partition coefficient (Wildman–Crippen LogP) is 1.70. The highest BCUT2D eigenvalue weighted by Gasteiger charge is 2.26. The van der Waals surface area contributed by atoms with Crippen molar-refractivity contribution in [2.45, 2.75) is 26.4 Å². The Morgan fingerprint density at radius 1 is 1.38 bits per heavy atom. The minimum Gasteiger partial charge on any atom is -0.367 e. The van der Waals surface area contributed by atoms with Crippen LogP contribution in [0, 0.1) is 5.82 Å². The van der Waals surface area contributed by atoms with Gasteiger partial charge < -0.3 is 10.6 Å². The molecule has 0 saturated heterocycles. The molecule has 1 aromatic carbocycles. The lowest BCUT2D eigenvalue weighted by molar-refractivity contribution is 0.0994. The molecule has 21 heavy (non-hydrogen) atoms. The van der Waals surface area contributed by atoms with Gasteiger partial charge in [-0.05, 0) is 31.2 Å². The third-order valence-corrected chi connectivity index (χ3v) is 3.86. The van der Waals surface area contributed by atoms with Gasteiger partial charge in [-0.25, -0.2) is 4.39 Å². The summed E-state index contributed by atoms with van der Waals surface area (Å²) in [6.45, 7) is 4.08. The Kier molecular flexibility index (Phi) is 3.37. The molecule has 2 N–H and O–H groups in total. The first-order valence-electron chi connectivity index (χ1n) is 6.99. The van der Waals surface area contributed by atoms with Crippen LogP contribution in [0.4, 0.5) is 10.1 Å². The van der Waals surface area contributed by atoms with Gasteiger partial charge in [0.1, 0.15) is 5.82 Å². The van der Waals surface area contributed by atoms with E-state index in [1.54, 1.807) is 12.1 Å². The number of carbonyl (C=O) groups is 1. The Morgan fingerprint density at radius 3 is 2.71 bits per heavy atom. The molecular weight excluding hydrogens is 271 g/mol. The summed E-state index contributed by atoms with van der Waals surface area (Å²) in [5.41, 5.74) is 8.67. The largest absolute Gasteiger partial charge is 0.367 e. The van der Waals surface area contributed by atoms with Crippen molar-refractivity contribution < 1.29 is 9.18 Å². The van der Waals surface area contributed by atoms with Gasteiger partial charge in [-0.15, -0.1) is 0 Å². The van der Waals surface area contributed by atoms with Gasteiger partial charge in [0.15, 0.2) is 5.69 Å². The third kappa shape index (κ3) is 2.37. The zero-order chi connectivity index (χ0) is 15.0. The summed E-state index contributed by atoms with van der Waals surface area (Å²) >= 11 is 0. The third-order valence-electron chi connectivity index (χ3n) is 3.86. The molecular formula is C15H17FN4O. The summed E-state index contributed by atoms with van der Waals surface area (Å²) in [4.78, 5) is 13.7. The molecule has 0 spiro atoms. The molecule has 2 aromatic rings. The van der Waals surface area contributed by atoms with Gasteiger partial charge in [0.2, 0.25) is 0 Å². The minimum absolute atomic E-state index is 0.256. The van der Waals surface area contributed by atoms with Gasteiger partial charge in [-0.3, -0.25) is 9.48 Å². The number of halogens is 1. The van der Waals surface area contributed by atoms with Crippen molar-refractivity contribution in [2.75, 3.05) is 11.4 Å². The number of hydrogen-bond acceptors (Lipinski definition) is 3. The summed E-state index contributed by atoms with van der Waals surface area (Å²) in [5.74, 6) is -0.757. The molecule has 0 saturated carbocycles. The number of nitrogens with zero attached hydrogens (tertiary/aromatic N) is 3. The molecule has 110 valence electrons. The van der Waals surface area contributed by atoms with Crippen LogP contribution in [0.15, 0.2) is 24.3 Å². The highest BCUT2D eigenvalue weighted by Crippen LogP contribution is 2.27. The fraction of sp³-hybridized carbons (Fsp3) is 0.333. The number of fused-ring (bicyclic) bond motifs is 1. The van der Waals surface area contributed by atoms with Crippen molar-refractivity contribution >= 4 is 11.6 Å². The number of rotatable bonds is 3. The molecule has 2 heterocycles. The number of carbonyl (C=O) groups excluding carboxylic acids is 1. The maximum atomic E-state index is 13.0. The van der Waals surface area contributed by atoms with E-state index in [1.807, 2.05) is 11.6 Å². The van der Waals surface area contributed by atoms with Crippen molar-refractivity contribution in [1.29, 1.82) is 0 Å². The SMILES string of the molecule is CCn1nc(C(N)=O)c2c1CCN(c1ccc(F)cc1)C2. The lowest BCUT2D eigenvalue weighted by Crippen LogP contribution is -2.32. The van der Waals surface area contributed by atoms with Crippen LogP contribution < -0.4 is 10.6 Å². The summed E-state index contributed by atoms with van der Waals surface area (Å²) < 4.78 is 14.9. The summed E-state index contributed by atoms with van der Waals surface area (Å²) in [7, 11) is 0. The summed E-state index contributed by atoms with van der Waals surface area (Å²) in [5, 5.41) is 4.31. The van der Waals surface area contributed by atoms with E-state index in [0.717, 1.165) is 29.9 Å². The first-order valence-corrected chi connectivity index (χ1v) is 6.99. The lowest BCUT2D eigenvalue weighted by atomic mass is 10.0. The Morgan fingerprint density at radius 2 is 2.10 bits per heavy atom. The van der Waals surface area contributed by atoms with Crippen LogP contribution in [-0.4, -0.2) is 22.2 Å². The number of anilines is 1. The molecule has 1 aliphatic rings. The van der Waals surface area contributed by atoms with E-state index in [4.69, 9.17) is 5.73 Å². The zero-order valence-corrected chi connectivity index (χ0v) is 11.8. The Bertz CT molecular complexity index is 678. The van der Waals surface area contributed by atoms with E-state index in [0.29, 0.717) is 18.8 Å². The van der Waals surface area contributed by atoms with Gasteiger partial charge in [-0.2, -0.15) is 5.10 Å². The monoisotopic (exact) mass is 288 g/mol. The number of aromatic nitrogens is 2. The van der Waals surface area contributed by atoms with Crippen molar-refractivity contribution in [3.8, 4) is 0 Å². The molecule has 6 heteroatoms. The summed E-state index contributed by atoms with van der Waals surface area (Å²) in [6.07, 6.45) is 0.792. The van der Waals surface area contributed by atoms with Crippen molar-refractivity contribution in [2.24, 2.45) is 5.73 Å². The number of hydrogen-bond donors (Lipinski definition) is 1. The van der Waals surface area contributed by atoms with Crippen LogP contribution in [0.1, 0.15) is 28.7 Å². The molecule has 1 aromatic heterocycles. The van der Waals surface area contributed by atoms with Crippen LogP contribution in [0.3, 0.4) is 0 Å². The van der Waals surface area contributed by atoms with Crippen molar-refractivity contribution in [3.05, 3.63) is 47.0 Å². The average molecular weight is 288 g/mol. The molecule has 0 atom stereocenters. The topological polar surface area (TPSA) is 64.2 Å². The quantitative estimate of drug-likeness (QED) is 0.935. The average Bonchev–Trinajstić information content (AvgIpc) is 2.86.